The third kappa shape index (κ3) is 1.72. The Kier molecular flexibility index (Phi) is 2.48. The van der Waals surface area contributed by atoms with Crippen LogP contribution in [0.1, 0.15) is 39.0 Å². The first kappa shape index (κ1) is 10.8. The number of rotatable bonds is 3. The minimum absolute atomic E-state index is 0.107. The van der Waals surface area contributed by atoms with E-state index in [-0.39, 0.29) is 23.9 Å². The molecule has 2 heterocycles. The fraction of sp³-hybridized carbons (Fsp3) is 0.143. The van der Waals surface area contributed by atoms with Crippen LogP contribution in [0.3, 0.4) is 0 Å². The average molecular weight is 242 g/mol. The number of cyclic esters (lactones) is 1. The molecule has 0 fully saturated rings. The first-order chi connectivity index (χ1) is 8.75. The van der Waals surface area contributed by atoms with E-state index in [1.807, 2.05) is 6.07 Å². The van der Waals surface area contributed by atoms with Gasteiger partial charge in [-0.3, -0.25) is 4.79 Å². The largest absolute Gasteiger partial charge is 0.461 e. The van der Waals surface area contributed by atoms with Gasteiger partial charge in [0.2, 0.25) is 5.78 Å². The van der Waals surface area contributed by atoms with E-state index in [2.05, 4.69) is 0 Å². The molecular formula is C14H10O4. The monoisotopic (exact) mass is 242 g/mol. The summed E-state index contributed by atoms with van der Waals surface area (Å²) in [6, 6.07) is 10.4. The molecule has 18 heavy (non-hydrogen) atoms. The van der Waals surface area contributed by atoms with Gasteiger partial charge < -0.3 is 9.15 Å². The average Bonchev–Trinajstić information content (AvgIpc) is 3.00. The number of hydrogen-bond donors (Lipinski definition) is 0. The normalized spacial score (nSPS) is 17.3. The molecule has 0 aliphatic carbocycles. The molecule has 0 amide bonds. The fourth-order valence-electron chi connectivity index (χ4n) is 2.08. The molecule has 1 aliphatic rings. The molecule has 1 atom stereocenters. The minimum Gasteiger partial charge on any atom is -0.461 e. The number of carbonyl (C=O) groups excluding carboxylic acids is 2. The van der Waals surface area contributed by atoms with Crippen molar-refractivity contribution in [3.8, 4) is 0 Å². The Morgan fingerprint density at radius 2 is 2.00 bits per heavy atom. The number of benzene rings is 1. The molecule has 0 saturated carbocycles. The van der Waals surface area contributed by atoms with Crippen molar-refractivity contribution in [2.45, 2.75) is 12.5 Å². The van der Waals surface area contributed by atoms with Crippen molar-refractivity contribution in [3.05, 3.63) is 59.5 Å². The number of esters is 1. The van der Waals surface area contributed by atoms with E-state index < -0.39 is 6.10 Å². The van der Waals surface area contributed by atoms with Crippen LogP contribution in [0, 0.1) is 0 Å². The summed E-state index contributed by atoms with van der Waals surface area (Å²) in [6.07, 6.45) is 1.05. The van der Waals surface area contributed by atoms with Crippen molar-refractivity contribution in [1.82, 2.24) is 0 Å². The number of ketones is 1. The van der Waals surface area contributed by atoms with E-state index in [1.165, 1.54) is 6.26 Å². The number of carbonyl (C=O) groups is 2. The van der Waals surface area contributed by atoms with Gasteiger partial charge in [0.05, 0.1) is 18.2 Å². The van der Waals surface area contributed by atoms with Crippen molar-refractivity contribution in [3.63, 3.8) is 0 Å². The molecular weight excluding hydrogens is 232 g/mol. The van der Waals surface area contributed by atoms with E-state index >= 15 is 0 Å². The maximum atomic E-state index is 11.9. The van der Waals surface area contributed by atoms with Crippen molar-refractivity contribution < 1.29 is 18.7 Å². The predicted molar refractivity (Wildman–Crippen MR) is 62.3 cm³/mol. The van der Waals surface area contributed by atoms with Crippen molar-refractivity contribution in [1.29, 1.82) is 0 Å². The number of fused-ring (bicyclic) bond motifs is 1. The third-order valence-corrected chi connectivity index (χ3v) is 2.94. The second-order valence-electron chi connectivity index (χ2n) is 4.09. The molecule has 0 radical (unpaired) electrons. The highest BCUT2D eigenvalue weighted by atomic mass is 16.5. The van der Waals surface area contributed by atoms with E-state index in [4.69, 9.17) is 9.15 Å². The molecule has 0 bridgehead atoms. The highest BCUT2D eigenvalue weighted by Crippen LogP contribution is 2.33. The molecule has 90 valence electrons. The van der Waals surface area contributed by atoms with Gasteiger partial charge >= 0.3 is 5.97 Å². The summed E-state index contributed by atoms with van der Waals surface area (Å²) in [4.78, 5) is 23.5. The van der Waals surface area contributed by atoms with Gasteiger partial charge in [0, 0.05) is 5.56 Å². The van der Waals surface area contributed by atoms with Crippen LogP contribution in [0.5, 0.6) is 0 Å². The molecule has 1 aliphatic heterocycles. The predicted octanol–water partition coefficient (Wildman–Crippen LogP) is 2.76. The maximum absolute atomic E-state index is 11.9. The second kappa shape index (κ2) is 4.14. The van der Waals surface area contributed by atoms with E-state index in [1.54, 1.807) is 30.3 Å². The van der Waals surface area contributed by atoms with Crippen molar-refractivity contribution in [2.75, 3.05) is 0 Å². The van der Waals surface area contributed by atoms with Gasteiger partial charge in [0.1, 0.15) is 6.10 Å². The molecule has 2 aromatic rings. The van der Waals surface area contributed by atoms with Crippen LogP contribution in [0.25, 0.3) is 0 Å². The summed E-state index contributed by atoms with van der Waals surface area (Å²) in [5.74, 6) is -0.257. The van der Waals surface area contributed by atoms with Gasteiger partial charge in [-0.1, -0.05) is 18.2 Å². The zero-order valence-corrected chi connectivity index (χ0v) is 9.46. The Morgan fingerprint density at radius 1 is 1.17 bits per heavy atom. The highest BCUT2D eigenvalue weighted by molar-refractivity contribution is 5.97. The SMILES string of the molecule is O=C(C[C@H]1OC(=O)c2ccccc21)c1ccco1. The Labute approximate surface area is 103 Å². The van der Waals surface area contributed by atoms with Crippen LogP contribution in [0.15, 0.2) is 47.1 Å². The Bertz CT molecular complexity index is 598. The van der Waals surface area contributed by atoms with E-state index in [9.17, 15) is 9.59 Å². The minimum atomic E-state index is -0.508. The van der Waals surface area contributed by atoms with E-state index in [0.717, 1.165) is 5.56 Å². The van der Waals surface area contributed by atoms with Crippen LogP contribution in [-0.2, 0) is 4.74 Å². The van der Waals surface area contributed by atoms with Crippen molar-refractivity contribution >= 4 is 11.8 Å². The number of Topliss-reactive ketones (excluding diaryl/α,β-unsaturated/α-hetero) is 1. The third-order valence-electron chi connectivity index (χ3n) is 2.94. The van der Waals surface area contributed by atoms with Gasteiger partial charge in [-0.2, -0.15) is 0 Å². The van der Waals surface area contributed by atoms with Crippen LogP contribution in [0.2, 0.25) is 0 Å². The van der Waals surface area contributed by atoms with Crippen LogP contribution in [0.4, 0.5) is 0 Å². The topological polar surface area (TPSA) is 56.5 Å². The summed E-state index contributed by atoms with van der Waals surface area (Å²) in [5, 5.41) is 0. The summed E-state index contributed by atoms with van der Waals surface area (Å²) in [5.41, 5.74) is 1.30. The van der Waals surface area contributed by atoms with Gasteiger partial charge in [0.25, 0.3) is 0 Å². The lowest BCUT2D eigenvalue weighted by molar-refractivity contribution is 0.0364. The first-order valence-electron chi connectivity index (χ1n) is 5.62. The zero-order chi connectivity index (χ0) is 12.5. The molecule has 0 N–H and O–H groups in total. The molecule has 1 aromatic heterocycles. The fourth-order valence-corrected chi connectivity index (χ4v) is 2.08. The molecule has 4 heteroatoms. The smallest absolute Gasteiger partial charge is 0.339 e. The summed E-state index contributed by atoms with van der Waals surface area (Å²) in [6.45, 7) is 0. The lowest BCUT2D eigenvalue weighted by Crippen LogP contribution is -2.06. The maximum Gasteiger partial charge on any atom is 0.339 e. The second-order valence-corrected chi connectivity index (χ2v) is 4.09. The first-order valence-corrected chi connectivity index (χ1v) is 5.62. The number of furan rings is 1. The van der Waals surface area contributed by atoms with E-state index in [0.29, 0.717) is 5.56 Å². The van der Waals surface area contributed by atoms with Gasteiger partial charge in [-0.25, -0.2) is 4.79 Å². The summed E-state index contributed by atoms with van der Waals surface area (Å²) < 4.78 is 10.2. The van der Waals surface area contributed by atoms with Crippen LogP contribution in [-0.4, -0.2) is 11.8 Å². The quantitative estimate of drug-likeness (QED) is 0.613. The zero-order valence-electron chi connectivity index (χ0n) is 9.46. The lowest BCUT2D eigenvalue weighted by Gasteiger charge is -2.08. The Morgan fingerprint density at radius 3 is 2.78 bits per heavy atom. The molecule has 0 saturated heterocycles. The molecule has 3 rings (SSSR count). The standard InChI is InChI=1S/C14H10O4/c15-11(12-6-3-7-17-12)8-13-9-4-1-2-5-10(9)14(16)18-13/h1-7,13H,8H2/t13-/m1/s1. The van der Waals surface area contributed by atoms with Crippen molar-refractivity contribution in [2.24, 2.45) is 0 Å². The summed E-state index contributed by atoms with van der Waals surface area (Å²) >= 11 is 0. The van der Waals surface area contributed by atoms with Gasteiger partial charge in [0.15, 0.2) is 5.76 Å². The highest BCUT2D eigenvalue weighted by Gasteiger charge is 2.32. The van der Waals surface area contributed by atoms with Gasteiger partial charge in [-0.15, -0.1) is 0 Å². The molecule has 0 unspecified atom stereocenters. The Hall–Kier alpha value is -2.36. The van der Waals surface area contributed by atoms with Crippen LogP contribution < -0.4 is 0 Å². The van der Waals surface area contributed by atoms with Crippen LogP contribution >= 0.6 is 0 Å². The van der Waals surface area contributed by atoms with Gasteiger partial charge in [-0.05, 0) is 18.2 Å². The Balaban J connectivity index is 1.84. The lowest BCUT2D eigenvalue weighted by atomic mass is 10.0. The number of ether oxygens (including phenoxy) is 1. The molecule has 1 aromatic carbocycles. The number of hydrogen-bond acceptors (Lipinski definition) is 4. The molecule has 4 nitrogen and oxygen atoms in total. The molecule has 0 spiro atoms. The summed E-state index contributed by atoms with van der Waals surface area (Å²) in [7, 11) is 0.